The summed E-state index contributed by atoms with van der Waals surface area (Å²) in [5, 5.41) is 2.87. The molecule has 0 spiro atoms. The summed E-state index contributed by atoms with van der Waals surface area (Å²) < 4.78 is 60.1. The van der Waals surface area contributed by atoms with Crippen molar-refractivity contribution in [2.45, 2.75) is 74.0 Å². The Balaban J connectivity index is 1.04. The van der Waals surface area contributed by atoms with Crippen molar-refractivity contribution in [3.8, 4) is 0 Å². The number of likely N-dealkylation sites (tertiary alicyclic amines) is 1. The first-order chi connectivity index (χ1) is 22.7. The maximum atomic E-state index is 16.0. The Morgan fingerprint density at radius 2 is 1.69 bits per heavy atom. The molecule has 2 aromatic rings. The van der Waals surface area contributed by atoms with Crippen LogP contribution in [-0.4, -0.2) is 104 Å². The fourth-order valence-corrected chi connectivity index (χ4v) is 8.83. The second-order valence-electron chi connectivity index (χ2n) is 13.5. The van der Waals surface area contributed by atoms with E-state index in [4.69, 9.17) is 23.1 Å². The SMILES string of the molecule is CC(N)C(=O)NC1CN(C2CCC(C(F)(F)c3cc(Cl)nc(N4CCN(S(=O)(=O)c5ccc(N6C[C@H](N)CC6=O)cc5)CC4)c3)CC2)C1. The lowest BCUT2D eigenvalue weighted by atomic mass is 9.79. The molecule has 262 valence electrons. The van der Waals surface area contributed by atoms with Crippen molar-refractivity contribution in [3.63, 3.8) is 0 Å². The van der Waals surface area contributed by atoms with Crippen molar-refractivity contribution >= 4 is 44.9 Å². The van der Waals surface area contributed by atoms with E-state index in [-0.39, 0.29) is 78.2 Å². The number of halogens is 3. The minimum absolute atomic E-state index is 0.0380. The summed E-state index contributed by atoms with van der Waals surface area (Å²) in [6.07, 6.45) is 2.26. The highest BCUT2D eigenvalue weighted by atomic mass is 35.5. The number of rotatable bonds is 9. The van der Waals surface area contributed by atoms with Gasteiger partial charge in [-0.15, -0.1) is 0 Å². The van der Waals surface area contributed by atoms with Crippen LogP contribution in [-0.2, 0) is 25.5 Å². The smallest absolute Gasteiger partial charge is 0.276 e. The number of nitrogens with one attached hydrogen (secondary N) is 1. The number of nitrogens with zero attached hydrogens (tertiary/aromatic N) is 5. The van der Waals surface area contributed by atoms with Crippen LogP contribution < -0.4 is 26.6 Å². The van der Waals surface area contributed by atoms with Gasteiger partial charge in [-0.25, -0.2) is 22.2 Å². The quantitative estimate of drug-likeness (QED) is 0.332. The van der Waals surface area contributed by atoms with Gasteiger partial charge in [-0.2, -0.15) is 4.31 Å². The summed E-state index contributed by atoms with van der Waals surface area (Å²) in [5.41, 5.74) is 11.9. The molecule has 2 atom stereocenters. The third-order valence-corrected chi connectivity index (χ3v) is 12.2. The van der Waals surface area contributed by atoms with Crippen molar-refractivity contribution in [1.82, 2.24) is 19.5 Å². The van der Waals surface area contributed by atoms with E-state index in [9.17, 15) is 18.0 Å². The first-order valence-corrected chi connectivity index (χ1v) is 18.3. The minimum Gasteiger partial charge on any atom is -0.354 e. The molecule has 48 heavy (non-hydrogen) atoms. The Bertz CT molecular complexity index is 1610. The molecule has 3 saturated heterocycles. The number of hydrogen-bond acceptors (Lipinski definition) is 9. The summed E-state index contributed by atoms with van der Waals surface area (Å²) in [7, 11) is -3.82. The zero-order valence-electron chi connectivity index (χ0n) is 26.9. The summed E-state index contributed by atoms with van der Waals surface area (Å²) in [4.78, 5) is 34.0. The molecular formula is C32H43ClF2N8O4S. The van der Waals surface area contributed by atoms with Gasteiger partial charge in [0.1, 0.15) is 11.0 Å². The van der Waals surface area contributed by atoms with Gasteiger partial charge < -0.3 is 26.6 Å². The van der Waals surface area contributed by atoms with Gasteiger partial charge in [-0.1, -0.05) is 11.6 Å². The van der Waals surface area contributed by atoms with Crippen LogP contribution in [0.2, 0.25) is 5.15 Å². The van der Waals surface area contributed by atoms with E-state index in [0.717, 1.165) is 0 Å². The predicted molar refractivity (Wildman–Crippen MR) is 178 cm³/mol. The number of nitrogens with two attached hydrogens (primary N) is 2. The van der Waals surface area contributed by atoms with Gasteiger partial charge in [0.15, 0.2) is 0 Å². The van der Waals surface area contributed by atoms with Gasteiger partial charge in [0.25, 0.3) is 5.92 Å². The van der Waals surface area contributed by atoms with E-state index < -0.39 is 27.9 Å². The Morgan fingerprint density at radius 1 is 1.04 bits per heavy atom. The lowest BCUT2D eigenvalue weighted by Crippen LogP contribution is -2.63. The van der Waals surface area contributed by atoms with Crippen LogP contribution in [0.15, 0.2) is 41.3 Å². The lowest BCUT2D eigenvalue weighted by Gasteiger charge is -2.47. The highest BCUT2D eigenvalue weighted by Gasteiger charge is 2.45. The number of amides is 2. The van der Waals surface area contributed by atoms with Crippen LogP contribution in [0.25, 0.3) is 0 Å². The fraction of sp³-hybridized carbons (Fsp3) is 0.594. The molecule has 1 aromatic heterocycles. The molecule has 12 nitrogen and oxygen atoms in total. The molecule has 0 bridgehead atoms. The van der Waals surface area contributed by atoms with Crippen LogP contribution >= 0.6 is 11.6 Å². The zero-order valence-corrected chi connectivity index (χ0v) is 28.5. The Hall–Kier alpha value is -2.95. The van der Waals surface area contributed by atoms with Crippen molar-refractivity contribution in [2.75, 3.05) is 55.6 Å². The van der Waals surface area contributed by atoms with E-state index in [1.807, 2.05) is 0 Å². The average molecular weight is 709 g/mol. The molecule has 3 aliphatic heterocycles. The van der Waals surface area contributed by atoms with E-state index in [0.29, 0.717) is 56.8 Å². The molecule has 2 amide bonds. The molecule has 16 heteroatoms. The molecule has 0 radical (unpaired) electrons. The molecule has 4 fully saturated rings. The monoisotopic (exact) mass is 708 g/mol. The number of anilines is 2. The molecule has 1 aliphatic carbocycles. The van der Waals surface area contributed by atoms with Crippen LogP contribution in [0.4, 0.5) is 20.3 Å². The standard InChI is InChI=1S/C32H43ClF2N8O4S/c1-20(36)31(45)38-24-18-41(19-24)25-4-2-21(3-5-25)32(34,35)22-14-28(33)39-29(15-22)40-10-12-42(13-11-40)48(46,47)27-8-6-26(7-9-27)43-17-23(37)16-30(43)44/h6-9,14-15,20-21,23-25H,2-5,10-13,16-19,36-37H2,1H3,(H,38,45)/t20?,21?,23-,25?/m1/s1. The topological polar surface area (TPSA) is 158 Å². The minimum atomic E-state index is -3.82. The Kier molecular flexibility index (Phi) is 10.00. The molecule has 5 N–H and O–H groups in total. The van der Waals surface area contributed by atoms with Crippen LogP contribution in [0.1, 0.15) is 44.6 Å². The first kappa shape index (κ1) is 34.9. The summed E-state index contributed by atoms with van der Waals surface area (Å²) in [5.74, 6) is -3.95. The lowest BCUT2D eigenvalue weighted by molar-refractivity contribution is -0.124. The molecule has 6 rings (SSSR count). The number of pyridine rings is 1. The number of sulfonamides is 1. The van der Waals surface area contributed by atoms with Crippen molar-refractivity contribution in [1.29, 1.82) is 0 Å². The van der Waals surface area contributed by atoms with Gasteiger partial charge >= 0.3 is 0 Å². The van der Waals surface area contributed by atoms with E-state index >= 15 is 8.78 Å². The highest BCUT2D eigenvalue weighted by Crippen LogP contribution is 2.46. The second kappa shape index (κ2) is 13.8. The highest BCUT2D eigenvalue weighted by molar-refractivity contribution is 7.89. The Morgan fingerprint density at radius 3 is 2.27 bits per heavy atom. The molecule has 1 aromatic carbocycles. The summed E-state index contributed by atoms with van der Waals surface area (Å²) >= 11 is 6.28. The van der Waals surface area contributed by atoms with Gasteiger partial charge in [0.05, 0.1) is 17.0 Å². The van der Waals surface area contributed by atoms with Crippen LogP contribution in [0.5, 0.6) is 0 Å². The number of piperazine rings is 1. The van der Waals surface area contributed by atoms with Gasteiger partial charge in [-0.05, 0) is 69.0 Å². The summed E-state index contributed by atoms with van der Waals surface area (Å²) in [6, 6.07) is 8.23. The largest absolute Gasteiger partial charge is 0.354 e. The molecule has 1 saturated carbocycles. The molecule has 4 aliphatic rings. The van der Waals surface area contributed by atoms with E-state index in [1.54, 1.807) is 28.9 Å². The number of hydrogen-bond donors (Lipinski definition) is 3. The third-order valence-electron chi connectivity index (χ3n) is 10.1. The van der Waals surface area contributed by atoms with Crippen molar-refractivity contribution in [3.05, 3.63) is 47.1 Å². The third kappa shape index (κ3) is 7.17. The second-order valence-corrected chi connectivity index (χ2v) is 15.8. The van der Waals surface area contributed by atoms with Gasteiger partial charge in [0.2, 0.25) is 21.8 Å². The zero-order chi connectivity index (χ0) is 34.4. The van der Waals surface area contributed by atoms with Crippen LogP contribution in [0.3, 0.4) is 0 Å². The van der Waals surface area contributed by atoms with Crippen LogP contribution in [0, 0.1) is 5.92 Å². The number of benzene rings is 1. The van der Waals surface area contributed by atoms with E-state index in [1.165, 1.54) is 28.6 Å². The first-order valence-electron chi connectivity index (χ1n) is 16.5. The van der Waals surface area contributed by atoms with Gasteiger partial charge in [-0.3, -0.25) is 14.5 Å². The molecular weight excluding hydrogens is 666 g/mol. The van der Waals surface area contributed by atoms with Crippen molar-refractivity contribution in [2.24, 2.45) is 17.4 Å². The molecule has 4 heterocycles. The number of carbonyl (C=O) groups excluding carboxylic acids is 2. The maximum absolute atomic E-state index is 16.0. The predicted octanol–water partition coefficient (Wildman–Crippen LogP) is 2.11. The summed E-state index contributed by atoms with van der Waals surface area (Å²) in [6.45, 7) is 4.21. The van der Waals surface area contributed by atoms with Crippen molar-refractivity contribution < 1.29 is 26.8 Å². The molecule has 1 unspecified atom stereocenters. The van der Waals surface area contributed by atoms with Gasteiger partial charge in [0, 0.05) is 81.5 Å². The number of carbonyl (C=O) groups is 2. The Labute approximate surface area is 284 Å². The van der Waals surface area contributed by atoms with E-state index in [2.05, 4.69) is 15.2 Å². The normalized spacial score (nSPS) is 25.6. The maximum Gasteiger partial charge on any atom is 0.276 e. The average Bonchev–Trinajstić information content (AvgIpc) is 3.39. The number of alkyl halides is 2. The fourth-order valence-electron chi connectivity index (χ4n) is 7.20. The number of aromatic nitrogens is 1.